The molecule has 1 heterocycles. The molecule has 3 rings (SSSR count). The third-order valence-corrected chi connectivity index (χ3v) is 4.13. The molecule has 0 spiro atoms. The van der Waals surface area contributed by atoms with E-state index in [1.165, 1.54) is 17.5 Å². The van der Waals surface area contributed by atoms with E-state index in [0.717, 1.165) is 35.3 Å². The van der Waals surface area contributed by atoms with Gasteiger partial charge < -0.3 is 9.73 Å². The van der Waals surface area contributed by atoms with E-state index in [0.29, 0.717) is 5.89 Å². The second-order valence-electron chi connectivity index (χ2n) is 6.06. The number of rotatable bonds is 4. The van der Waals surface area contributed by atoms with Gasteiger partial charge in [0.15, 0.2) is 0 Å². The lowest BCUT2D eigenvalue weighted by atomic mass is 10.0. The van der Waals surface area contributed by atoms with Crippen LogP contribution in [0.2, 0.25) is 0 Å². The third-order valence-electron chi connectivity index (χ3n) is 4.13. The molecular formula is C23H30N4O. The van der Waals surface area contributed by atoms with E-state index >= 15 is 0 Å². The standard InChI is InChI=1S/C12H16N2.C9H8N2O.C2H6/c1-4-7-14-12-6-5-11(8-13)9(2)10(12)3;1-7-2-4-8(5-3-7)9-11-10-6-12-9;1-2/h5-6,14H,4,7H2,1-3H3;2-6H,1H3;1-2H3. The highest BCUT2D eigenvalue weighted by Gasteiger charge is 2.04. The molecule has 0 aliphatic carbocycles. The average Bonchev–Trinajstić information content (AvgIpc) is 3.27. The first-order valence-corrected chi connectivity index (χ1v) is 9.64. The van der Waals surface area contributed by atoms with Crippen molar-refractivity contribution in [1.29, 1.82) is 5.26 Å². The summed E-state index contributed by atoms with van der Waals surface area (Å²) >= 11 is 0. The van der Waals surface area contributed by atoms with E-state index in [1.807, 2.05) is 71.0 Å². The summed E-state index contributed by atoms with van der Waals surface area (Å²) in [6.45, 7) is 13.2. The minimum atomic E-state index is 0.565. The largest absolute Gasteiger partial charge is 0.423 e. The van der Waals surface area contributed by atoms with Crippen molar-refractivity contribution in [3.05, 3.63) is 65.0 Å². The normalized spacial score (nSPS) is 9.32. The van der Waals surface area contributed by atoms with Crippen molar-refractivity contribution < 1.29 is 4.42 Å². The van der Waals surface area contributed by atoms with Gasteiger partial charge in [-0.25, -0.2) is 0 Å². The summed E-state index contributed by atoms with van der Waals surface area (Å²) in [5, 5.41) is 19.6. The van der Waals surface area contributed by atoms with Gasteiger partial charge in [0.05, 0.1) is 11.6 Å². The number of nitriles is 1. The maximum atomic E-state index is 8.84. The molecule has 0 atom stereocenters. The van der Waals surface area contributed by atoms with Gasteiger partial charge in [0.2, 0.25) is 12.3 Å². The topological polar surface area (TPSA) is 74.7 Å². The summed E-state index contributed by atoms with van der Waals surface area (Å²) in [4.78, 5) is 0. The van der Waals surface area contributed by atoms with Gasteiger partial charge in [0, 0.05) is 17.8 Å². The Bertz CT molecular complexity index is 863. The predicted octanol–water partition coefficient (Wildman–Crippen LogP) is 6.07. The fourth-order valence-electron chi connectivity index (χ4n) is 2.39. The van der Waals surface area contributed by atoms with Gasteiger partial charge in [0.1, 0.15) is 0 Å². The van der Waals surface area contributed by atoms with Gasteiger partial charge >= 0.3 is 0 Å². The molecule has 5 nitrogen and oxygen atoms in total. The number of aryl methyl sites for hydroxylation is 1. The highest BCUT2D eigenvalue weighted by molar-refractivity contribution is 5.58. The smallest absolute Gasteiger partial charge is 0.247 e. The van der Waals surface area contributed by atoms with Crippen molar-refractivity contribution in [2.45, 2.75) is 48.0 Å². The van der Waals surface area contributed by atoms with E-state index in [2.05, 4.69) is 28.5 Å². The molecule has 0 saturated heterocycles. The highest BCUT2D eigenvalue weighted by Crippen LogP contribution is 2.21. The second-order valence-corrected chi connectivity index (χ2v) is 6.06. The van der Waals surface area contributed by atoms with Crippen LogP contribution >= 0.6 is 0 Å². The van der Waals surface area contributed by atoms with Gasteiger partial charge in [-0.2, -0.15) is 5.26 Å². The molecule has 2 aromatic carbocycles. The van der Waals surface area contributed by atoms with Gasteiger partial charge in [-0.15, -0.1) is 10.2 Å². The molecule has 0 unspecified atom stereocenters. The molecule has 0 amide bonds. The van der Waals surface area contributed by atoms with E-state index in [4.69, 9.17) is 9.68 Å². The second kappa shape index (κ2) is 12.3. The lowest BCUT2D eigenvalue weighted by molar-refractivity contribution is 0.568. The first kappa shape index (κ1) is 22.9. The van der Waals surface area contributed by atoms with Crippen LogP contribution < -0.4 is 5.32 Å². The van der Waals surface area contributed by atoms with Crippen LogP contribution in [-0.4, -0.2) is 16.7 Å². The third kappa shape index (κ3) is 6.55. The molecule has 28 heavy (non-hydrogen) atoms. The maximum absolute atomic E-state index is 8.84. The maximum Gasteiger partial charge on any atom is 0.247 e. The van der Waals surface area contributed by atoms with Crippen LogP contribution in [0.1, 0.15) is 49.4 Å². The van der Waals surface area contributed by atoms with Crippen LogP contribution in [0.5, 0.6) is 0 Å². The Labute approximate surface area is 168 Å². The monoisotopic (exact) mass is 378 g/mol. The lowest BCUT2D eigenvalue weighted by Gasteiger charge is -2.11. The minimum absolute atomic E-state index is 0.565. The summed E-state index contributed by atoms with van der Waals surface area (Å²) in [5.41, 5.74) is 6.34. The lowest BCUT2D eigenvalue weighted by Crippen LogP contribution is -2.03. The van der Waals surface area contributed by atoms with Crippen molar-refractivity contribution in [3.8, 4) is 17.5 Å². The summed E-state index contributed by atoms with van der Waals surface area (Å²) in [7, 11) is 0. The average molecular weight is 379 g/mol. The van der Waals surface area contributed by atoms with Gasteiger partial charge in [-0.05, 0) is 62.6 Å². The van der Waals surface area contributed by atoms with Crippen molar-refractivity contribution >= 4 is 5.69 Å². The van der Waals surface area contributed by atoms with E-state index in [1.54, 1.807) is 0 Å². The molecule has 1 N–H and O–H groups in total. The Morgan fingerprint density at radius 1 is 1.00 bits per heavy atom. The molecule has 0 radical (unpaired) electrons. The van der Waals surface area contributed by atoms with E-state index < -0.39 is 0 Å². The molecule has 0 aliphatic heterocycles. The summed E-state index contributed by atoms with van der Waals surface area (Å²) in [6, 6.07) is 14.0. The van der Waals surface area contributed by atoms with E-state index in [9.17, 15) is 0 Å². The van der Waals surface area contributed by atoms with Crippen molar-refractivity contribution in [2.75, 3.05) is 11.9 Å². The number of anilines is 1. The van der Waals surface area contributed by atoms with Crippen LogP contribution in [-0.2, 0) is 0 Å². The van der Waals surface area contributed by atoms with Crippen LogP contribution in [0.4, 0.5) is 5.69 Å². The summed E-state index contributed by atoms with van der Waals surface area (Å²) in [5.74, 6) is 0.565. The Hall–Kier alpha value is -3.13. The molecule has 0 saturated carbocycles. The quantitative estimate of drug-likeness (QED) is 0.596. The van der Waals surface area contributed by atoms with Crippen LogP contribution in [0.15, 0.2) is 47.2 Å². The molecule has 0 aliphatic rings. The van der Waals surface area contributed by atoms with Crippen molar-refractivity contribution in [3.63, 3.8) is 0 Å². The van der Waals surface area contributed by atoms with Crippen LogP contribution in [0.3, 0.4) is 0 Å². The molecule has 0 bridgehead atoms. The molecule has 0 fully saturated rings. The van der Waals surface area contributed by atoms with Gasteiger partial charge in [0.25, 0.3) is 0 Å². The van der Waals surface area contributed by atoms with Crippen LogP contribution in [0.25, 0.3) is 11.5 Å². The van der Waals surface area contributed by atoms with Gasteiger partial charge in [-0.3, -0.25) is 0 Å². The first-order valence-electron chi connectivity index (χ1n) is 9.64. The number of hydrogen-bond acceptors (Lipinski definition) is 5. The number of nitrogens with zero attached hydrogens (tertiary/aromatic N) is 3. The molecule has 3 aromatic rings. The number of aromatic nitrogens is 2. The fourth-order valence-corrected chi connectivity index (χ4v) is 2.39. The highest BCUT2D eigenvalue weighted by atomic mass is 16.4. The fraction of sp³-hybridized carbons (Fsp3) is 0.348. The molecular weight excluding hydrogens is 348 g/mol. The zero-order chi connectivity index (χ0) is 20.9. The Morgan fingerprint density at radius 2 is 1.68 bits per heavy atom. The zero-order valence-corrected chi connectivity index (χ0v) is 17.7. The molecule has 148 valence electrons. The Balaban J connectivity index is 0.000000259. The minimum Gasteiger partial charge on any atom is -0.423 e. The number of hydrogen-bond donors (Lipinski definition) is 1. The van der Waals surface area contributed by atoms with Gasteiger partial charge in [-0.1, -0.05) is 38.5 Å². The first-order chi connectivity index (χ1) is 13.6. The number of nitrogens with one attached hydrogen (secondary N) is 1. The number of benzene rings is 2. The van der Waals surface area contributed by atoms with Crippen molar-refractivity contribution in [1.82, 2.24) is 10.2 Å². The summed E-state index contributed by atoms with van der Waals surface area (Å²) < 4.78 is 5.04. The van der Waals surface area contributed by atoms with E-state index in [-0.39, 0.29) is 0 Å². The molecule has 5 heteroatoms. The zero-order valence-electron chi connectivity index (χ0n) is 17.7. The molecule has 1 aromatic heterocycles. The Kier molecular flexibility index (Phi) is 10.1. The predicted molar refractivity (Wildman–Crippen MR) is 115 cm³/mol. The van der Waals surface area contributed by atoms with Crippen LogP contribution in [0, 0.1) is 32.1 Å². The SMILES string of the molecule is CC.CCCNc1ccc(C#N)c(C)c1C.Cc1ccc(-c2nnco2)cc1. The Morgan fingerprint density at radius 3 is 2.21 bits per heavy atom. The summed E-state index contributed by atoms with van der Waals surface area (Å²) in [6.07, 6.45) is 2.44. The van der Waals surface area contributed by atoms with Crippen molar-refractivity contribution in [2.24, 2.45) is 0 Å².